The number of halogens is 4. The van der Waals surface area contributed by atoms with Crippen molar-refractivity contribution in [3.05, 3.63) is 17.5 Å². The fourth-order valence-electron chi connectivity index (χ4n) is 4.50. The van der Waals surface area contributed by atoms with Gasteiger partial charge in [0.25, 0.3) is 0 Å². The van der Waals surface area contributed by atoms with Crippen LogP contribution in [0, 0.1) is 0 Å². The van der Waals surface area contributed by atoms with Gasteiger partial charge in [-0.1, -0.05) is 19.3 Å². The zero-order valence-corrected chi connectivity index (χ0v) is 20.6. The molecule has 3 rings (SSSR count). The highest BCUT2D eigenvalue weighted by Crippen LogP contribution is 2.34. The molecule has 2 aliphatic rings. The van der Waals surface area contributed by atoms with Crippen LogP contribution in [0.2, 0.25) is 0 Å². The van der Waals surface area contributed by atoms with E-state index in [9.17, 15) is 13.2 Å². The van der Waals surface area contributed by atoms with Crippen molar-refractivity contribution in [1.82, 2.24) is 25.3 Å². The highest BCUT2D eigenvalue weighted by atomic mass is 127. The van der Waals surface area contributed by atoms with Crippen LogP contribution in [0.15, 0.2) is 11.2 Å². The fourth-order valence-corrected chi connectivity index (χ4v) is 4.50. The lowest BCUT2D eigenvalue weighted by atomic mass is 9.80. The van der Waals surface area contributed by atoms with Crippen molar-refractivity contribution in [2.45, 2.75) is 57.3 Å². The monoisotopic (exact) mass is 558 g/mol. The van der Waals surface area contributed by atoms with E-state index in [2.05, 4.69) is 25.6 Å². The number of aryl methyl sites for hydroxylation is 1. The second kappa shape index (κ2) is 11.7. The number of alkyl halides is 3. The van der Waals surface area contributed by atoms with Crippen molar-refractivity contribution >= 4 is 29.9 Å². The zero-order chi connectivity index (χ0) is 21.6. The van der Waals surface area contributed by atoms with E-state index >= 15 is 0 Å². The number of nitrogens with zero attached hydrogens (tertiary/aromatic N) is 4. The van der Waals surface area contributed by atoms with Crippen LogP contribution in [0.4, 0.5) is 13.2 Å². The highest BCUT2D eigenvalue weighted by Gasteiger charge is 2.39. The summed E-state index contributed by atoms with van der Waals surface area (Å²) in [4.78, 5) is 6.95. The number of guanidine groups is 1. The minimum absolute atomic E-state index is 0. The molecule has 0 aromatic carbocycles. The van der Waals surface area contributed by atoms with Gasteiger partial charge in [-0.2, -0.15) is 18.3 Å². The predicted octanol–water partition coefficient (Wildman–Crippen LogP) is 3.15. The third-order valence-corrected chi connectivity index (χ3v) is 5.98. The molecule has 1 aliphatic heterocycles. The summed E-state index contributed by atoms with van der Waals surface area (Å²) >= 11 is 0. The van der Waals surface area contributed by atoms with Crippen LogP contribution in [0.25, 0.3) is 0 Å². The summed E-state index contributed by atoms with van der Waals surface area (Å²) in [6.45, 7) is 6.55. The quantitative estimate of drug-likeness (QED) is 0.319. The fraction of sp³-hybridized carbons (Fsp3) is 0.800. The number of ether oxygens (including phenoxy) is 1. The third-order valence-electron chi connectivity index (χ3n) is 5.98. The van der Waals surface area contributed by atoms with Crippen LogP contribution in [0.5, 0.6) is 0 Å². The SMILES string of the molecule is CCNC(=NCc1cn(C)nc1C(F)(F)F)NCC1(N2CCOCC2)CCCCC1.I. The molecule has 1 saturated heterocycles. The molecular formula is C20H34F3IN6O. The summed E-state index contributed by atoms with van der Waals surface area (Å²) in [6.07, 6.45) is 2.75. The topological polar surface area (TPSA) is 66.7 Å². The molecule has 0 unspecified atom stereocenters. The van der Waals surface area contributed by atoms with Crippen LogP contribution < -0.4 is 10.6 Å². The number of morpholine rings is 1. The average Bonchev–Trinajstić information content (AvgIpc) is 3.12. The lowest BCUT2D eigenvalue weighted by molar-refractivity contribution is -0.142. The van der Waals surface area contributed by atoms with Crippen molar-refractivity contribution in [3.63, 3.8) is 0 Å². The first-order valence-corrected chi connectivity index (χ1v) is 10.8. The smallest absolute Gasteiger partial charge is 0.379 e. The van der Waals surface area contributed by atoms with Gasteiger partial charge in [-0.25, -0.2) is 4.99 Å². The number of nitrogens with one attached hydrogen (secondary N) is 2. The third kappa shape index (κ3) is 6.95. The first-order valence-electron chi connectivity index (χ1n) is 10.8. The molecule has 0 bridgehead atoms. The van der Waals surface area contributed by atoms with E-state index in [1.165, 1.54) is 37.2 Å². The van der Waals surface area contributed by atoms with Crippen LogP contribution in [0.1, 0.15) is 50.3 Å². The standard InChI is InChI=1S/C20H33F3N6O.HI/c1-3-24-18(25-13-16-14-28(2)27-17(16)20(21,22)23)26-15-19(7-5-4-6-8-19)29-9-11-30-12-10-29;/h14H,3-13,15H2,1-2H3,(H2,24,25,26);1H. The molecule has 0 atom stereocenters. The Hall–Kier alpha value is -1.08. The number of hydrogen-bond donors (Lipinski definition) is 2. The molecule has 31 heavy (non-hydrogen) atoms. The molecule has 2 heterocycles. The minimum atomic E-state index is -4.49. The van der Waals surface area contributed by atoms with Crippen LogP contribution in [0.3, 0.4) is 0 Å². The first kappa shape index (κ1) is 26.2. The Bertz CT molecular complexity index is 712. The Morgan fingerprint density at radius 1 is 1.19 bits per heavy atom. The van der Waals surface area contributed by atoms with Gasteiger partial charge in [-0.3, -0.25) is 9.58 Å². The zero-order valence-electron chi connectivity index (χ0n) is 18.3. The Balaban J connectivity index is 0.00000341. The summed E-state index contributed by atoms with van der Waals surface area (Å²) in [5, 5.41) is 10.1. The second-order valence-corrected chi connectivity index (χ2v) is 8.11. The predicted molar refractivity (Wildman–Crippen MR) is 125 cm³/mol. The normalized spacial score (nSPS) is 20.2. The van der Waals surface area contributed by atoms with Crippen molar-refractivity contribution in [3.8, 4) is 0 Å². The molecule has 2 fully saturated rings. The van der Waals surface area contributed by atoms with Gasteiger partial charge >= 0.3 is 6.18 Å². The molecule has 1 aromatic heterocycles. The van der Waals surface area contributed by atoms with E-state index in [1.807, 2.05) is 6.92 Å². The molecule has 178 valence electrons. The largest absolute Gasteiger partial charge is 0.435 e. The molecule has 2 N–H and O–H groups in total. The van der Waals surface area contributed by atoms with Crippen LogP contribution >= 0.6 is 24.0 Å². The number of rotatable bonds is 6. The second-order valence-electron chi connectivity index (χ2n) is 8.11. The van der Waals surface area contributed by atoms with Crippen LogP contribution in [-0.2, 0) is 24.5 Å². The van der Waals surface area contributed by atoms with E-state index in [-0.39, 0.29) is 41.6 Å². The Morgan fingerprint density at radius 3 is 2.48 bits per heavy atom. The Labute approximate surface area is 199 Å². The van der Waals surface area contributed by atoms with Gasteiger partial charge in [0, 0.05) is 50.5 Å². The van der Waals surface area contributed by atoms with E-state index < -0.39 is 11.9 Å². The van der Waals surface area contributed by atoms with Gasteiger partial charge in [-0.05, 0) is 19.8 Å². The molecule has 0 radical (unpaired) electrons. The summed E-state index contributed by atoms with van der Waals surface area (Å²) in [5.74, 6) is 0.535. The summed E-state index contributed by atoms with van der Waals surface area (Å²) in [6, 6.07) is 0. The first-order chi connectivity index (χ1) is 14.3. The lowest BCUT2D eigenvalue weighted by Gasteiger charge is -2.48. The molecule has 0 spiro atoms. The van der Waals surface area contributed by atoms with E-state index in [0.29, 0.717) is 12.5 Å². The van der Waals surface area contributed by atoms with Gasteiger partial charge in [0.2, 0.25) is 0 Å². The van der Waals surface area contributed by atoms with Gasteiger partial charge < -0.3 is 15.4 Å². The number of aliphatic imine (C=N–C) groups is 1. The van der Waals surface area contributed by atoms with Crippen molar-refractivity contribution in [2.24, 2.45) is 12.0 Å². The minimum Gasteiger partial charge on any atom is -0.379 e. The van der Waals surface area contributed by atoms with E-state index in [0.717, 1.165) is 45.7 Å². The van der Waals surface area contributed by atoms with Crippen LogP contribution in [-0.4, -0.2) is 65.6 Å². The van der Waals surface area contributed by atoms with Gasteiger partial charge in [0.05, 0.1) is 19.8 Å². The Kier molecular flexibility index (Phi) is 9.87. The number of aromatic nitrogens is 2. The molecular weight excluding hydrogens is 524 g/mol. The maximum Gasteiger partial charge on any atom is 0.435 e. The molecule has 11 heteroatoms. The van der Waals surface area contributed by atoms with Gasteiger partial charge in [0.15, 0.2) is 11.7 Å². The average molecular weight is 558 g/mol. The lowest BCUT2D eigenvalue weighted by Crippen LogP contribution is -2.60. The summed E-state index contributed by atoms with van der Waals surface area (Å²) in [7, 11) is 1.49. The van der Waals surface area contributed by atoms with Gasteiger partial charge in [-0.15, -0.1) is 24.0 Å². The molecule has 7 nitrogen and oxygen atoms in total. The molecule has 1 saturated carbocycles. The molecule has 1 aliphatic carbocycles. The molecule has 1 aromatic rings. The van der Waals surface area contributed by atoms with Crippen molar-refractivity contribution in [1.29, 1.82) is 0 Å². The number of hydrogen-bond acceptors (Lipinski definition) is 4. The maximum absolute atomic E-state index is 13.2. The maximum atomic E-state index is 13.2. The molecule has 0 amide bonds. The van der Waals surface area contributed by atoms with Gasteiger partial charge in [0.1, 0.15) is 0 Å². The van der Waals surface area contributed by atoms with Crippen molar-refractivity contribution < 1.29 is 17.9 Å². The van der Waals surface area contributed by atoms with Crippen molar-refractivity contribution in [2.75, 3.05) is 39.4 Å². The summed E-state index contributed by atoms with van der Waals surface area (Å²) < 4.78 is 46.3. The summed E-state index contributed by atoms with van der Waals surface area (Å²) in [5.41, 5.74) is -0.756. The Morgan fingerprint density at radius 2 is 1.87 bits per heavy atom. The van der Waals surface area contributed by atoms with E-state index in [1.54, 1.807) is 0 Å². The van der Waals surface area contributed by atoms with E-state index in [4.69, 9.17) is 4.74 Å². The highest BCUT2D eigenvalue weighted by molar-refractivity contribution is 14.0.